The Morgan fingerprint density at radius 2 is 1.64 bits per heavy atom. The van der Waals surface area contributed by atoms with Gasteiger partial charge in [0.1, 0.15) is 11.4 Å². The number of fused-ring (bicyclic) bond motifs is 2. The first-order valence-corrected chi connectivity index (χ1v) is 11.7. The van der Waals surface area contributed by atoms with E-state index in [2.05, 4.69) is 14.9 Å². The second-order valence-electron chi connectivity index (χ2n) is 8.66. The van der Waals surface area contributed by atoms with Crippen LogP contribution >= 0.6 is 0 Å². The molecule has 1 N–H and O–H groups in total. The topological polar surface area (TPSA) is 102 Å². The molecule has 8 heteroatoms. The van der Waals surface area contributed by atoms with Gasteiger partial charge in [-0.15, -0.1) is 0 Å². The molecule has 0 saturated carbocycles. The number of ketones is 2. The van der Waals surface area contributed by atoms with Crippen LogP contribution in [0.25, 0.3) is 0 Å². The van der Waals surface area contributed by atoms with E-state index in [1.54, 1.807) is 6.92 Å². The van der Waals surface area contributed by atoms with Crippen LogP contribution in [0.15, 0.2) is 4.79 Å². The van der Waals surface area contributed by atoms with Crippen LogP contribution in [0.5, 0.6) is 5.88 Å². The molecule has 2 aromatic rings. The Hall–Kier alpha value is -2.84. The van der Waals surface area contributed by atoms with Gasteiger partial charge < -0.3 is 14.5 Å². The summed E-state index contributed by atoms with van der Waals surface area (Å²) in [6, 6.07) is 0. The summed E-state index contributed by atoms with van der Waals surface area (Å²) in [6.07, 6.45) is 2.74. The van der Waals surface area contributed by atoms with Gasteiger partial charge in [0.2, 0.25) is 11.7 Å². The highest BCUT2D eigenvalue weighted by atomic mass is 16.5. The SMILES string of the molecule is CCCc1c(CN2CCOCC2)c(OC)nc2c1C(=O)c1c([nH]c(=O)c(C)c1CCC)C2=O. The number of rotatable bonds is 7. The number of ether oxygens (including phenoxy) is 2. The zero-order chi connectivity index (χ0) is 23.7. The Bertz CT molecular complexity index is 1160. The Morgan fingerprint density at radius 3 is 2.27 bits per heavy atom. The van der Waals surface area contributed by atoms with Crippen molar-refractivity contribution in [2.75, 3.05) is 33.4 Å². The molecule has 2 aliphatic rings. The van der Waals surface area contributed by atoms with E-state index in [4.69, 9.17) is 9.47 Å². The molecule has 1 aliphatic carbocycles. The average molecular weight is 454 g/mol. The lowest BCUT2D eigenvalue weighted by Gasteiger charge is -2.30. The molecule has 0 radical (unpaired) electrons. The number of hydrogen-bond acceptors (Lipinski definition) is 7. The van der Waals surface area contributed by atoms with Crippen molar-refractivity contribution in [1.29, 1.82) is 0 Å². The van der Waals surface area contributed by atoms with Gasteiger partial charge in [-0.2, -0.15) is 0 Å². The monoisotopic (exact) mass is 453 g/mol. The van der Waals surface area contributed by atoms with Gasteiger partial charge in [0, 0.05) is 30.8 Å². The molecule has 1 saturated heterocycles. The zero-order valence-corrected chi connectivity index (χ0v) is 19.8. The maximum Gasteiger partial charge on any atom is 0.251 e. The van der Waals surface area contributed by atoms with Gasteiger partial charge >= 0.3 is 0 Å². The summed E-state index contributed by atoms with van der Waals surface area (Å²) in [7, 11) is 1.53. The number of aromatic nitrogens is 2. The van der Waals surface area contributed by atoms with Crippen molar-refractivity contribution < 1.29 is 19.1 Å². The first kappa shape index (κ1) is 23.3. The molecule has 0 spiro atoms. The molecule has 1 aliphatic heterocycles. The minimum atomic E-state index is -0.428. The van der Waals surface area contributed by atoms with Crippen molar-refractivity contribution >= 4 is 11.6 Å². The standard InChI is InChI=1S/C25H31N3O5/c1-5-7-15-14(3)24(31)26-20-18(15)22(29)19-16(8-6-2)17(13-28-9-11-33-12-10-28)25(32-4)27-21(19)23(20)30/h5-13H2,1-4H3,(H,26,31). The summed E-state index contributed by atoms with van der Waals surface area (Å²) in [5, 5.41) is 0. The van der Waals surface area contributed by atoms with Crippen molar-refractivity contribution in [1.82, 2.24) is 14.9 Å². The fourth-order valence-electron chi connectivity index (χ4n) is 4.87. The zero-order valence-electron chi connectivity index (χ0n) is 19.8. The van der Waals surface area contributed by atoms with Crippen molar-refractivity contribution in [3.05, 3.63) is 55.1 Å². The van der Waals surface area contributed by atoms with E-state index in [9.17, 15) is 14.4 Å². The van der Waals surface area contributed by atoms with Crippen molar-refractivity contribution in [2.45, 2.75) is 53.0 Å². The average Bonchev–Trinajstić information content (AvgIpc) is 2.82. The molecule has 1 fully saturated rings. The Morgan fingerprint density at radius 1 is 0.970 bits per heavy atom. The molecule has 0 aromatic carbocycles. The molecule has 0 amide bonds. The number of methoxy groups -OCH3 is 1. The van der Waals surface area contributed by atoms with Crippen LogP contribution in [-0.4, -0.2) is 59.8 Å². The number of carbonyl (C=O) groups excluding carboxylic acids is 2. The highest BCUT2D eigenvalue weighted by Gasteiger charge is 2.38. The minimum Gasteiger partial charge on any atom is -0.481 e. The molecule has 2 aromatic heterocycles. The largest absolute Gasteiger partial charge is 0.481 e. The first-order valence-electron chi connectivity index (χ1n) is 11.7. The van der Waals surface area contributed by atoms with Crippen LogP contribution in [0.1, 0.15) is 81.0 Å². The molecule has 8 nitrogen and oxygen atoms in total. The third-order valence-corrected chi connectivity index (χ3v) is 6.53. The number of pyridine rings is 2. The van der Waals surface area contributed by atoms with E-state index < -0.39 is 5.78 Å². The maximum absolute atomic E-state index is 14.0. The molecule has 176 valence electrons. The van der Waals surface area contributed by atoms with Gasteiger partial charge in [0.05, 0.1) is 31.5 Å². The Labute approximate surface area is 193 Å². The van der Waals surface area contributed by atoms with Crippen molar-refractivity contribution in [3.63, 3.8) is 0 Å². The summed E-state index contributed by atoms with van der Waals surface area (Å²) < 4.78 is 11.1. The van der Waals surface area contributed by atoms with Gasteiger partial charge in [0.15, 0.2) is 5.78 Å². The number of carbonyl (C=O) groups is 2. The number of H-pyrrole nitrogens is 1. The van der Waals surface area contributed by atoms with E-state index in [0.717, 1.165) is 37.1 Å². The van der Waals surface area contributed by atoms with Gasteiger partial charge in [0.25, 0.3) is 5.56 Å². The summed E-state index contributed by atoms with van der Waals surface area (Å²) in [5.41, 5.74) is 3.29. The minimum absolute atomic E-state index is 0.0458. The van der Waals surface area contributed by atoms with E-state index >= 15 is 0 Å². The lowest BCUT2D eigenvalue weighted by Crippen LogP contribution is -2.37. The predicted octanol–water partition coefficient (Wildman–Crippen LogP) is 2.60. The first-order chi connectivity index (χ1) is 15.9. The quantitative estimate of drug-likeness (QED) is 0.587. The highest BCUT2D eigenvalue weighted by Crippen LogP contribution is 2.36. The predicted molar refractivity (Wildman–Crippen MR) is 124 cm³/mol. The second kappa shape index (κ2) is 9.57. The van der Waals surface area contributed by atoms with Crippen molar-refractivity contribution in [2.24, 2.45) is 0 Å². The maximum atomic E-state index is 14.0. The van der Waals surface area contributed by atoms with Crippen LogP contribution in [-0.2, 0) is 24.1 Å². The number of morpholine rings is 1. The van der Waals surface area contributed by atoms with E-state index in [1.165, 1.54) is 7.11 Å². The molecular formula is C25H31N3O5. The molecule has 4 rings (SSSR count). The third kappa shape index (κ3) is 4.02. The van der Waals surface area contributed by atoms with Gasteiger partial charge in [-0.3, -0.25) is 19.3 Å². The molecule has 33 heavy (non-hydrogen) atoms. The second-order valence-corrected chi connectivity index (χ2v) is 8.66. The summed E-state index contributed by atoms with van der Waals surface area (Å²) in [5.74, 6) is -0.302. The van der Waals surface area contributed by atoms with Gasteiger partial charge in [-0.1, -0.05) is 26.7 Å². The van der Waals surface area contributed by atoms with Gasteiger partial charge in [-0.25, -0.2) is 4.98 Å². The summed E-state index contributed by atoms with van der Waals surface area (Å²) in [4.78, 5) is 49.5. The van der Waals surface area contributed by atoms with E-state index in [-0.39, 0.29) is 22.7 Å². The fraction of sp³-hybridized carbons (Fsp3) is 0.520. The van der Waals surface area contributed by atoms with Crippen LogP contribution < -0.4 is 10.3 Å². The Kier molecular flexibility index (Phi) is 6.76. The normalized spacial score (nSPS) is 16.0. The highest BCUT2D eigenvalue weighted by molar-refractivity contribution is 6.28. The van der Waals surface area contributed by atoms with Crippen molar-refractivity contribution in [3.8, 4) is 5.88 Å². The van der Waals surface area contributed by atoms with Crippen LogP contribution in [0.4, 0.5) is 0 Å². The summed E-state index contributed by atoms with van der Waals surface area (Å²) >= 11 is 0. The molecule has 3 heterocycles. The number of aromatic amines is 1. The molecule has 0 bridgehead atoms. The number of nitrogens with one attached hydrogen (secondary N) is 1. The molecule has 0 unspecified atom stereocenters. The van der Waals surface area contributed by atoms with Gasteiger partial charge in [-0.05, 0) is 30.9 Å². The van der Waals surface area contributed by atoms with E-state index in [0.29, 0.717) is 60.7 Å². The molecular weight excluding hydrogens is 422 g/mol. The third-order valence-electron chi connectivity index (χ3n) is 6.53. The van der Waals surface area contributed by atoms with Crippen LogP contribution in [0, 0.1) is 6.92 Å². The van der Waals surface area contributed by atoms with Crippen LogP contribution in [0.3, 0.4) is 0 Å². The smallest absolute Gasteiger partial charge is 0.251 e. The van der Waals surface area contributed by atoms with Crippen LogP contribution in [0.2, 0.25) is 0 Å². The summed E-state index contributed by atoms with van der Waals surface area (Å²) in [6.45, 7) is 9.19. The van der Waals surface area contributed by atoms with E-state index in [1.807, 2.05) is 13.8 Å². The lowest BCUT2D eigenvalue weighted by molar-refractivity contribution is 0.0336. The fourth-order valence-corrected chi connectivity index (χ4v) is 4.87. The Balaban J connectivity index is 1.95. The number of nitrogens with zero attached hydrogens (tertiary/aromatic N) is 2. The number of hydrogen-bond donors (Lipinski definition) is 1. The lowest BCUT2D eigenvalue weighted by atomic mass is 9.81. The molecule has 0 atom stereocenters.